The van der Waals surface area contributed by atoms with Crippen molar-refractivity contribution in [3.8, 4) is 91.5 Å². The van der Waals surface area contributed by atoms with E-state index in [1.165, 1.54) is 0 Å². The molecule has 0 atom stereocenters. The fourth-order valence-electron chi connectivity index (χ4n) is 12.5. The second-order valence-electron chi connectivity index (χ2n) is 25.6. The lowest BCUT2D eigenvalue weighted by Crippen LogP contribution is -2.43. The van der Waals surface area contributed by atoms with Crippen molar-refractivity contribution in [2.45, 2.75) is 102 Å². The quantitative estimate of drug-likeness (QED) is 0.0489. The molecule has 8 heterocycles. The summed E-state index contributed by atoms with van der Waals surface area (Å²) in [5.74, 6) is 9.37. The fraction of sp³-hybridized carbons (Fsp3) is 0.449. The van der Waals surface area contributed by atoms with Gasteiger partial charge >= 0.3 is 5.97 Å². The van der Waals surface area contributed by atoms with Crippen molar-refractivity contribution in [1.29, 1.82) is 0 Å². The highest BCUT2D eigenvalue weighted by molar-refractivity contribution is 6.33. The van der Waals surface area contributed by atoms with Gasteiger partial charge in [-0.3, -0.25) is 28.4 Å². The van der Waals surface area contributed by atoms with Crippen molar-refractivity contribution in [3.63, 3.8) is 0 Å². The standard InChI is InChI=1S/C24H25ClN4O5.C18H23N3O4.C17H22N4O4.C15H19N3O3.C3H6O2.CH3F/c1-32-19-8-7-16(13-20(19)33-2)22-27-24(34-28-22)15-9-11-29(12-10-15)21(30)14-26-23(31)17-5-3-4-6-18(17)25;1-4-16(22)21-9-7-12(8-10-21)18-19-17(20-25-18)13-5-6-14(23-2)15(11-13)24-3;1-23-13-4-3-12(9-14(13)24-2)16-19-17(25-20-16)11-5-7-21(8-6-11)15(22)10-18;1-19-12-4-3-11(9-13(12)20-2)14-17-15(21-18-14)10-5-7-16-8-6-10;1-2-3(4)5;1-2/h3-8,13,15H,9-12,14H2,1-2H3,(H,26,31);5-6,11-12H,4,7-10H2,1-3H3;3-4,9,11H,5-8,10,18H2,1-2H3;3-4,9-10,16H,5-8H2,1-2H3;2H2,1H3,(H,4,5);1H3/i;;;;;1D. The molecule has 4 aliphatic heterocycles. The molecule has 4 saturated heterocycles. The van der Waals surface area contributed by atoms with Crippen LogP contribution in [0.2, 0.25) is 5.02 Å². The number of halogens is 2. The Kier molecular flexibility index (Phi) is 33.1. The fourth-order valence-corrected chi connectivity index (χ4v) is 12.8. The van der Waals surface area contributed by atoms with Gasteiger partial charge < -0.3 is 92.2 Å². The van der Waals surface area contributed by atoms with Gasteiger partial charge in [0.05, 0.1) is 89.1 Å². The first kappa shape index (κ1) is 84.6. The number of nitrogens with two attached hydrogens (primary N) is 1. The molecule has 9 aromatic rings. The predicted molar refractivity (Wildman–Crippen MR) is 410 cm³/mol. The van der Waals surface area contributed by atoms with Crippen molar-refractivity contribution in [1.82, 2.24) is 65.9 Å². The van der Waals surface area contributed by atoms with E-state index in [1.54, 1.807) is 116 Å². The van der Waals surface area contributed by atoms with E-state index in [4.69, 9.17) is 79.8 Å². The molecule has 32 nitrogen and oxygen atoms in total. The minimum atomic E-state index is -1.00. The third-order valence-electron chi connectivity index (χ3n) is 18.9. The van der Waals surface area contributed by atoms with Gasteiger partial charge in [-0.2, -0.15) is 19.9 Å². The van der Waals surface area contributed by atoms with Gasteiger partial charge in [-0.15, -0.1) is 0 Å². The molecule has 4 amide bonds. The number of alkyl halides is 1. The maximum atomic E-state index is 12.6. The van der Waals surface area contributed by atoms with E-state index < -0.39 is 13.1 Å². The number of amides is 4. The number of aliphatic carboxylic acids is 1. The number of carbonyl (C=O) groups is 5. The second kappa shape index (κ2) is 43.8. The smallest absolute Gasteiger partial charge is 0.303 e. The molecule has 34 heteroatoms. The Bertz CT molecular complexity index is 4370. The number of hydrogen-bond acceptors (Lipinski definition) is 27. The number of nitrogens with one attached hydrogen (secondary N) is 2. The van der Waals surface area contributed by atoms with Crippen LogP contribution in [0.4, 0.5) is 4.39 Å². The lowest BCUT2D eigenvalue weighted by molar-refractivity contribution is -0.136. The number of methoxy groups -OCH3 is 8. The van der Waals surface area contributed by atoms with Gasteiger partial charge in [0.1, 0.15) is 0 Å². The molecular formula is C78H98ClFN14O18. The van der Waals surface area contributed by atoms with E-state index in [0.717, 1.165) is 92.8 Å². The lowest BCUT2D eigenvalue weighted by Gasteiger charge is -2.30. The Labute approximate surface area is 654 Å². The molecule has 602 valence electrons. The maximum absolute atomic E-state index is 12.6. The maximum Gasteiger partial charge on any atom is 0.303 e. The first-order chi connectivity index (χ1) is 54.8. The molecule has 0 radical (unpaired) electrons. The number of carboxylic acids is 1. The predicted octanol–water partition coefficient (Wildman–Crippen LogP) is 11.1. The van der Waals surface area contributed by atoms with Crippen LogP contribution in [0.15, 0.2) is 115 Å². The van der Waals surface area contributed by atoms with Crippen molar-refractivity contribution in [3.05, 3.63) is 131 Å². The molecule has 0 saturated carbocycles. The number of benzene rings is 5. The zero-order chi connectivity index (χ0) is 81.3. The van der Waals surface area contributed by atoms with Gasteiger partial charge in [-0.25, -0.2) is 0 Å². The number of carboxylic acid groups (broad SMARTS) is 1. The van der Waals surface area contributed by atoms with E-state index in [9.17, 15) is 28.4 Å². The van der Waals surface area contributed by atoms with E-state index >= 15 is 0 Å². The summed E-state index contributed by atoms with van der Waals surface area (Å²) >= 11 is 6.04. The molecule has 0 unspecified atom stereocenters. The molecule has 0 aliphatic carbocycles. The average Bonchev–Trinajstić information content (AvgIpc) is 1.75. The van der Waals surface area contributed by atoms with Crippen LogP contribution in [0.25, 0.3) is 45.6 Å². The van der Waals surface area contributed by atoms with Gasteiger partial charge in [-0.1, -0.05) is 58.2 Å². The minimum Gasteiger partial charge on any atom is -0.493 e. The van der Waals surface area contributed by atoms with Crippen LogP contribution >= 0.6 is 11.6 Å². The van der Waals surface area contributed by atoms with Gasteiger partial charge in [0.2, 0.25) is 64.6 Å². The number of carbonyl (C=O) groups excluding carboxylic acids is 4. The topological polar surface area (TPSA) is 395 Å². The van der Waals surface area contributed by atoms with Crippen molar-refractivity contribution < 1.29 is 90.8 Å². The number of hydrogen-bond donors (Lipinski definition) is 4. The number of rotatable bonds is 22. The van der Waals surface area contributed by atoms with Crippen LogP contribution in [0.1, 0.15) is 137 Å². The number of ether oxygens (including phenoxy) is 8. The second-order valence-corrected chi connectivity index (χ2v) is 26.0. The zero-order valence-electron chi connectivity index (χ0n) is 65.5. The number of aromatic nitrogens is 8. The van der Waals surface area contributed by atoms with E-state index in [0.29, 0.717) is 149 Å². The zero-order valence-corrected chi connectivity index (χ0v) is 65.3. The molecule has 0 spiro atoms. The molecule has 4 fully saturated rings. The molecule has 4 aromatic heterocycles. The number of piperidine rings is 4. The van der Waals surface area contributed by atoms with Crippen LogP contribution in [0, 0.1) is 0 Å². The van der Waals surface area contributed by atoms with Gasteiger partial charge in [0, 0.05) is 98.0 Å². The van der Waals surface area contributed by atoms with Crippen LogP contribution in [-0.2, 0) is 19.2 Å². The third-order valence-corrected chi connectivity index (χ3v) is 19.2. The summed E-state index contributed by atoms with van der Waals surface area (Å²) in [7, 11) is 11.7. The number of nitrogens with zero attached hydrogens (tertiary/aromatic N) is 11. The highest BCUT2D eigenvalue weighted by Gasteiger charge is 2.32. The summed E-state index contributed by atoms with van der Waals surface area (Å²) in [6.45, 7) is 9.34. The van der Waals surface area contributed by atoms with Crippen LogP contribution in [0.5, 0.6) is 46.0 Å². The summed E-state index contributed by atoms with van der Waals surface area (Å²) in [6.07, 6.45) is 7.50. The van der Waals surface area contributed by atoms with Crippen molar-refractivity contribution in [2.75, 3.05) is 129 Å². The summed E-state index contributed by atoms with van der Waals surface area (Å²) in [5.41, 5.74) is 8.98. The minimum absolute atomic E-state index is 0.0185. The molecule has 5 aromatic carbocycles. The Morgan fingerprint density at radius 1 is 0.482 bits per heavy atom. The van der Waals surface area contributed by atoms with Crippen LogP contribution in [0.3, 0.4) is 0 Å². The Balaban J connectivity index is 0.000000185. The SMILES string of the molecule is CCC(=O)N1CCC(c2nc(-c3ccc(OC)c(OC)c3)no2)CC1.CCC(=O)O.COc1ccc(-c2noc(C3CCN(C(=O)CN)CC3)n2)cc1OC.COc1ccc(-c2noc(C3CCN(C(=O)CNC(=O)c4ccccc4Cl)CC3)n2)cc1OC.COc1ccc(-c2noc(C3CCNCC3)n2)cc1OC.[2H]CF. The monoisotopic (exact) mass is 1570 g/mol. The normalized spacial score (nSPS) is 14.5. The highest BCUT2D eigenvalue weighted by atomic mass is 35.5. The van der Waals surface area contributed by atoms with Gasteiger partial charge in [-0.05, 0) is 149 Å². The summed E-state index contributed by atoms with van der Waals surface area (Å²) < 4.78 is 79.6. The van der Waals surface area contributed by atoms with Crippen LogP contribution < -0.4 is 54.3 Å². The summed E-state index contributed by atoms with van der Waals surface area (Å²) in [6, 6.07) is 28.8. The van der Waals surface area contributed by atoms with Crippen LogP contribution in [-0.4, -0.2) is 219 Å². The Morgan fingerprint density at radius 3 is 1.06 bits per heavy atom. The van der Waals surface area contributed by atoms with Crippen molar-refractivity contribution >= 4 is 41.2 Å². The Hall–Kier alpha value is -11.5. The molecular weight excluding hydrogens is 1480 g/mol. The number of likely N-dealkylation sites (tertiary alicyclic amines) is 3. The van der Waals surface area contributed by atoms with E-state index in [1.807, 2.05) is 66.4 Å². The Morgan fingerprint density at radius 2 is 0.777 bits per heavy atom. The summed E-state index contributed by atoms with van der Waals surface area (Å²) in [4.78, 5) is 81.2. The van der Waals surface area contributed by atoms with Crippen molar-refractivity contribution in [2.24, 2.45) is 5.73 Å². The molecule has 13 rings (SSSR count). The molecule has 0 bridgehead atoms. The first-order valence-electron chi connectivity index (χ1n) is 37.1. The molecule has 4 aliphatic rings. The van der Waals surface area contributed by atoms with Gasteiger partial charge in [0.25, 0.3) is 5.91 Å². The highest BCUT2D eigenvalue weighted by Crippen LogP contribution is 2.38. The lowest BCUT2D eigenvalue weighted by atomic mass is 9.96. The average molecular weight is 1580 g/mol. The van der Waals surface area contributed by atoms with E-state index in [2.05, 4.69) is 51.2 Å². The largest absolute Gasteiger partial charge is 0.493 e. The first-order valence-corrected chi connectivity index (χ1v) is 36.8. The molecule has 5 N–H and O–H groups in total. The molecule has 112 heavy (non-hydrogen) atoms. The van der Waals surface area contributed by atoms with Gasteiger partial charge in [0.15, 0.2) is 46.0 Å². The summed E-state index contributed by atoms with van der Waals surface area (Å²) in [5, 5.41) is 30.4. The third kappa shape index (κ3) is 23.3. The van der Waals surface area contributed by atoms with E-state index in [-0.39, 0.29) is 60.9 Å².